The van der Waals surface area contributed by atoms with Crippen molar-refractivity contribution in [2.24, 2.45) is 0 Å². The molecule has 128 valence electrons. The molecule has 0 spiro atoms. The van der Waals surface area contributed by atoms with Gasteiger partial charge in [-0.25, -0.2) is 0 Å². The van der Waals surface area contributed by atoms with E-state index in [-0.39, 0.29) is 5.57 Å². The van der Waals surface area contributed by atoms with Crippen LogP contribution in [0.4, 0.5) is 5.69 Å². The molecule has 0 aliphatic heterocycles. The minimum Gasteiger partial charge on any atom is -0.497 e. The Labute approximate surface area is 155 Å². The molecule has 0 saturated carbocycles. The van der Waals surface area contributed by atoms with Crippen molar-refractivity contribution in [3.63, 3.8) is 0 Å². The van der Waals surface area contributed by atoms with E-state index in [1.807, 2.05) is 6.07 Å². The third kappa shape index (κ3) is 5.15. The topological polar surface area (TPSA) is 71.3 Å². The molecule has 0 fully saturated rings. The first-order chi connectivity index (χ1) is 11.9. The summed E-state index contributed by atoms with van der Waals surface area (Å²) >= 11 is 11.8. The molecule has 0 aliphatic carbocycles. The van der Waals surface area contributed by atoms with Gasteiger partial charge in [0.05, 0.1) is 14.2 Å². The highest BCUT2D eigenvalue weighted by atomic mass is 35.5. The first-order valence-corrected chi connectivity index (χ1v) is 7.83. The smallest absolute Gasteiger partial charge is 0.266 e. The van der Waals surface area contributed by atoms with E-state index >= 15 is 0 Å². The van der Waals surface area contributed by atoms with E-state index in [0.717, 1.165) is 0 Å². The third-order valence-electron chi connectivity index (χ3n) is 3.17. The number of amides is 1. The van der Waals surface area contributed by atoms with Gasteiger partial charge in [-0.3, -0.25) is 4.79 Å². The molecule has 2 aromatic rings. The van der Waals surface area contributed by atoms with Gasteiger partial charge in [-0.1, -0.05) is 23.2 Å². The maximum Gasteiger partial charge on any atom is 0.266 e. The van der Waals surface area contributed by atoms with Crippen LogP contribution in [0.25, 0.3) is 6.08 Å². The van der Waals surface area contributed by atoms with Gasteiger partial charge < -0.3 is 14.8 Å². The highest BCUT2D eigenvalue weighted by molar-refractivity contribution is 6.35. The number of carbonyl (C=O) groups excluding carboxylic acids is 1. The van der Waals surface area contributed by atoms with Crippen LogP contribution < -0.4 is 14.8 Å². The van der Waals surface area contributed by atoms with E-state index < -0.39 is 5.91 Å². The zero-order chi connectivity index (χ0) is 18.4. The molecular formula is C18H14Cl2N2O3. The molecule has 0 aliphatic rings. The van der Waals surface area contributed by atoms with Crippen molar-refractivity contribution >= 4 is 40.9 Å². The summed E-state index contributed by atoms with van der Waals surface area (Å²) in [5.41, 5.74) is 0.894. The number of nitriles is 1. The maximum absolute atomic E-state index is 12.3. The predicted molar refractivity (Wildman–Crippen MR) is 98.2 cm³/mol. The molecule has 2 rings (SSSR count). The lowest BCUT2D eigenvalue weighted by atomic mass is 10.1. The summed E-state index contributed by atoms with van der Waals surface area (Å²) in [5, 5.41) is 12.7. The third-order valence-corrected chi connectivity index (χ3v) is 3.61. The standard InChI is InChI=1S/C18H14Cl2N2O3/c1-24-16-4-11(5-17(9-16)25-2)3-12(10-21)18(23)22-15-7-13(19)6-14(20)8-15/h3-9H,1-2H3,(H,22,23)/b12-3-. The van der Waals surface area contributed by atoms with Crippen molar-refractivity contribution in [3.8, 4) is 17.6 Å². The summed E-state index contributed by atoms with van der Waals surface area (Å²) in [6.07, 6.45) is 1.44. The Morgan fingerprint density at radius 3 is 2.08 bits per heavy atom. The summed E-state index contributed by atoms with van der Waals surface area (Å²) in [7, 11) is 3.03. The van der Waals surface area contributed by atoms with Crippen LogP contribution >= 0.6 is 23.2 Å². The summed E-state index contributed by atoms with van der Waals surface area (Å²) in [4.78, 5) is 12.3. The number of ether oxygens (including phenoxy) is 2. The van der Waals surface area contributed by atoms with Crippen molar-refractivity contribution in [2.75, 3.05) is 19.5 Å². The Balaban J connectivity index is 2.30. The maximum atomic E-state index is 12.3. The molecule has 2 aromatic carbocycles. The van der Waals surface area contributed by atoms with Crippen LogP contribution in [0, 0.1) is 11.3 Å². The Morgan fingerprint density at radius 2 is 1.60 bits per heavy atom. The second kappa shape index (κ2) is 8.43. The number of hydrogen-bond donors (Lipinski definition) is 1. The number of rotatable bonds is 5. The number of benzene rings is 2. The second-order valence-corrected chi connectivity index (χ2v) is 5.80. The van der Waals surface area contributed by atoms with Crippen molar-refractivity contribution in [1.29, 1.82) is 5.26 Å². The molecule has 0 heterocycles. The van der Waals surface area contributed by atoms with Gasteiger partial charge >= 0.3 is 0 Å². The van der Waals surface area contributed by atoms with Gasteiger partial charge in [0.15, 0.2) is 0 Å². The lowest BCUT2D eigenvalue weighted by Gasteiger charge is -2.07. The van der Waals surface area contributed by atoms with E-state index in [1.54, 1.807) is 24.3 Å². The number of anilines is 1. The number of methoxy groups -OCH3 is 2. The summed E-state index contributed by atoms with van der Waals surface area (Å²) in [5.74, 6) is 0.512. The Bertz CT molecular complexity index is 831. The van der Waals surface area contributed by atoms with Crippen molar-refractivity contribution < 1.29 is 14.3 Å². The largest absolute Gasteiger partial charge is 0.497 e. The molecule has 25 heavy (non-hydrogen) atoms. The number of nitrogens with one attached hydrogen (secondary N) is 1. The first kappa shape index (κ1) is 18.7. The molecule has 0 atom stereocenters. The second-order valence-electron chi connectivity index (χ2n) is 4.93. The van der Waals surface area contributed by atoms with Gasteiger partial charge in [-0.15, -0.1) is 0 Å². The fraction of sp³-hybridized carbons (Fsp3) is 0.111. The zero-order valence-electron chi connectivity index (χ0n) is 13.5. The summed E-state index contributed by atoms with van der Waals surface area (Å²) < 4.78 is 10.3. The fourth-order valence-electron chi connectivity index (χ4n) is 2.05. The monoisotopic (exact) mass is 376 g/mol. The van der Waals surface area contributed by atoms with Crippen LogP contribution in [0.15, 0.2) is 42.0 Å². The molecule has 1 amide bonds. The quantitative estimate of drug-likeness (QED) is 0.613. The molecule has 0 unspecified atom stereocenters. The molecular weight excluding hydrogens is 363 g/mol. The van der Waals surface area contributed by atoms with Gasteiger partial charge in [0, 0.05) is 21.8 Å². The Hall–Kier alpha value is -2.68. The molecule has 0 radical (unpaired) electrons. The van der Waals surface area contributed by atoms with Crippen LogP contribution in [-0.2, 0) is 4.79 Å². The fourth-order valence-corrected chi connectivity index (χ4v) is 2.58. The number of hydrogen-bond acceptors (Lipinski definition) is 4. The SMILES string of the molecule is COc1cc(/C=C(/C#N)C(=O)Nc2cc(Cl)cc(Cl)c2)cc(OC)c1. The highest BCUT2D eigenvalue weighted by Crippen LogP contribution is 2.25. The Kier molecular flexibility index (Phi) is 6.29. The van der Waals surface area contributed by atoms with Gasteiger partial charge in [0.2, 0.25) is 0 Å². The van der Waals surface area contributed by atoms with E-state index in [4.69, 9.17) is 32.7 Å². The van der Waals surface area contributed by atoms with Gasteiger partial charge in [0.1, 0.15) is 23.1 Å². The highest BCUT2D eigenvalue weighted by Gasteiger charge is 2.11. The first-order valence-electron chi connectivity index (χ1n) is 7.07. The minimum absolute atomic E-state index is 0.0913. The average Bonchev–Trinajstić information content (AvgIpc) is 2.58. The van der Waals surface area contributed by atoms with Gasteiger partial charge in [-0.2, -0.15) is 5.26 Å². The molecule has 0 bridgehead atoms. The molecule has 7 heteroatoms. The zero-order valence-corrected chi connectivity index (χ0v) is 15.0. The van der Waals surface area contributed by atoms with Crippen molar-refractivity contribution in [2.45, 2.75) is 0 Å². The molecule has 0 saturated heterocycles. The van der Waals surface area contributed by atoms with E-state index in [1.165, 1.54) is 32.4 Å². The minimum atomic E-state index is -0.581. The van der Waals surface area contributed by atoms with Gasteiger partial charge in [-0.05, 0) is 42.0 Å². The molecule has 5 nitrogen and oxygen atoms in total. The van der Waals surface area contributed by atoms with E-state index in [2.05, 4.69) is 5.32 Å². The summed E-state index contributed by atoms with van der Waals surface area (Å²) in [6, 6.07) is 11.6. The summed E-state index contributed by atoms with van der Waals surface area (Å²) in [6.45, 7) is 0. The Morgan fingerprint density at radius 1 is 1.04 bits per heavy atom. The van der Waals surface area contributed by atoms with Crippen LogP contribution in [0.2, 0.25) is 10.0 Å². The lowest BCUT2D eigenvalue weighted by molar-refractivity contribution is -0.112. The van der Waals surface area contributed by atoms with Crippen LogP contribution in [0.3, 0.4) is 0 Å². The van der Waals surface area contributed by atoms with Crippen molar-refractivity contribution in [3.05, 3.63) is 57.6 Å². The van der Waals surface area contributed by atoms with E-state index in [0.29, 0.717) is 32.8 Å². The van der Waals surface area contributed by atoms with Gasteiger partial charge in [0.25, 0.3) is 5.91 Å². The van der Waals surface area contributed by atoms with Crippen LogP contribution in [0.1, 0.15) is 5.56 Å². The number of carbonyl (C=O) groups is 1. The number of halogens is 2. The van der Waals surface area contributed by atoms with E-state index in [9.17, 15) is 10.1 Å². The van der Waals surface area contributed by atoms with Crippen molar-refractivity contribution in [1.82, 2.24) is 0 Å². The normalized spacial score (nSPS) is 10.8. The average molecular weight is 377 g/mol. The van der Waals surface area contributed by atoms with Crippen LogP contribution in [-0.4, -0.2) is 20.1 Å². The molecule has 1 N–H and O–H groups in total. The predicted octanol–water partition coefficient (Wildman–Crippen LogP) is 4.56. The lowest BCUT2D eigenvalue weighted by Crippen LogP contribution is -2.13. The van der Waals surface area contributed by atoms with Crippen LogP contribution in [0.5, 0.6) is 11.5 Å². The number of nitrogens with zero attached hydrogens (tertiary/aromatic N) is 1. The molecule has 0 aromatic heterocycles.